The minimum atomic E-state index is -0.0352. The zero-order valence-corrected chi connectivity index (χ0v) is 23.4. The van der Waals surface area contributed by atoms with Gasteiger partial charge >= 0.3 is 0 Å². The number of hydrogen-bond acceptors (Lipinski definition) is 6. The van der Waals surface area contributed by atoms with Crippen LogP contribution in [-0.2, 0) is 0 Å². The second kappa shape index (κ2) is 12.2. The van der Waals surface area contributed by atoms with Gasteiger partial charge in [0.15, 0.2) is 0 Å². The molecule has 0 amide bonds. The molecule has 0 fully saturated rings. The van der Waals surface area contributed by atoms with Crippen molar-refractivity contribution in [1.29, 1.82) is 0 Å². The van der Waals surface area contributed by atoms with Crippen molar-refractivity contribution in [3.63, 3.8) is 0 Å². The van der Waals surface area contributed by atoms with Gasteiger partial charge in [-0.15, -0.1) is 0 Å². The van der Waals surface area contributed by atoms with E-state index in [1.165, 1.54) is 12.1 Å². The molecule has 0 spiro atoms. The van der Waals surface area contributed by atoms with E-state index in [1.807, 2.05) is 84.9 Å². The molecule has 0 aliphatic heterocycles. The Morgan fingerprint density at radius 3 is 1.20 bits per heavy atom. The third kappa shape index (κ3) is 6.36. The van der Waals surface area contributed by atoms with Gasteiger partial charge in [0.2, 0.25) is 0 Å². The van der Waals surface area contributed by atoms with Crippen LogP contribution in [0.5, 0.6) is 34.5 Å². The second-order valence-corrected chi connectivity index (χ2v) is 9.92. The lowest BCUT2D eigenvalue weighted by atomic mass is 10.0. The number of benzene rings is 6. The van der Waals surface area contributed by atoms with Gasteiger partial charge in [-0.05, 0) is 72.8 Å². The van der Waals surface area contributed by atoms with Crippen LogP contribution < -0.4 is 20.9 Å². The van der Waals surface area contributed by atoms with Crippen LogP contribution in [0.2, 0.25) is 0 Å². The van der Waals surface area contributed by atoms with Gasteiger partial charge in [-0.1, -0.05) is 60.1 Å². The highest BCUT2D eigenvalue weighted by atomic mass is 16.5. The first-order chi connectivity index (χ1) is 21.4. The summed E-state index contributed by atoms with van der Waals surface area (Å²) in [6.45, 7) is 0. The molecule has 0 saturated heterocycles. The molecule has 6 aromatic carbocycles. The van der Waals surface area contributed by atoms with E-state index < -0.39 is 0 Å². The molecule has 0 aliphatic carbocycles. The normalized spacial score (nSPS) is 10.3. The Morgan fingerprint density at radius 1 is 0.432 bits per heavy atom. The first kappa shape index (κ1) is 27.7. The molecule has 6 rings (SSSR count). The molecule has 6 heteroatoms. The van der Waals surface area contributed by atoms with Crippen LogP contribution >= 0.6 is 0 Å². The van der Waals surface area contributed by atoms with E-state index in [2.05, 4.69) is 23.7 Å². The first-order valence-electron chi connectivity index (χ1n) is 13.7. The third-order valence-electron chi connectivity index (χ3n) is 6.70. The van der Waals surface area contributed by atoms with Crippen molar-refractivity contribution < 1.29 is 19.7 Å². The number of anilines is 2. The second-order valence-electron chi connectivity index (χ2n) is 9.92. The number of hydrogen-bond donors (Lipinski definition) is 4. The van der Waals surface area contributed by atoms with E-state index in [0.29, 0.717) is 44.9 Å². The molecule has 212 valence electrons. The molecule has 0 radical (unpaired) electrons. The minimum absolute atomic E-state index is 0.0352. The highest BCUT2D eigenvalue weighted by Crippen LogP contribution is 2.40. The average Bonchev–Trinajstić information content (AvgIpc) is 3.04. The van der Waals surface area contributed by atoms with Gasteiger partial charge in [-0.2, -0.15) is 0 Å². The van der Waals surface area contributed by atoms with E-state index in [9.17, 15) is 10.2 Å². The van der Waals surface area contributed by atoms with Crippen LogP contribution in [0.3, 0.4) is 0 Å². The SMILES string of the molecule is Nc1cc(Oc2cc(C#Cc3ccccc3)cc3c(Oc4ccc(O)c(N)c4)cc(C#Cc4ccccc4)cc23)ccc1O. The Kier molecular flexibility index (Phi) is 7.65. The Morgan fingerprint density at radius 2 is 0.818 bits per heavy atom. The summed E-state index contributed by atoms with van der Waals surface area (Å²) in [5.41, 5.74) is 15.4. The molecule has 0 saturated carbocycles. The highest BCUT2D eigenvalue weighted by molar-refractivity contribution is 5.96. The van der Waals surface area contributed by atoms with Crippen LogP contribution in [0.1, 0.15) is 22.3 Å². The van der Waals surface area contributed by atoms with Crippen LogP contribution in [0.4, 0.5) is 11.4 Å². The predicted octanol–water partition coefficient (Wildman–Crippen LogP) is 7.80. The lowest BCUT2D eigenvalue weighted by Crippen LogP contribution is -1.94. The van der Waals surface area contributed by atoms with Gasteiger partial charge < -0.3 is 31.2 Å². The van der Waals surface area contributed by atoms with E-state index in [0.717, 1.165) is 11.1 Å². The number of nitrogens with two attached hydrogens (primary N) is 2. The standard InChI is InChI=1S/C38H26N2O4/c39-33-23-29(15-17-35(33)41)43-37-21-27(13-11-25-7-3-1-4-8-25)19-31-32(37)20-28(14-12-26-9-5-2-6-10-26)22-38(31)44-30-16-18-36(42)34(40)24-30/h1-10,15-24,41-42H,39-40H2. The smallest absolute Gasteiger partial charge is 0.138 e. The van der Waals surface area contributed by atoms with Crippen molar-refractivity contribution in [3.8, 4) is 58.2 Å². The first-order valence-corrected chi connectivity index (χ1v) is 13.7. The van der Waals surface area contributed by atoms with Gasteiger partial charge in [-0.3, -0.25) is 0 Å². The number of rotatable bonds is 4. The Balaban J connectivity index is 1.55. The number of phenols is 2. The summed E-state index contributed by atoms with van der Waals surface area (Å²) in [6, 6.07) is 36.2. The third-order valence-corrected chi connectivity index (χ3v) is 6.70. The molecule has 0 heterocycles. The number of ether oxygens (including phenoxy) is 2. The molecule has 6 N–H and O–H groups in total. The summed E-state index contributed by atoms with van der Waals surface area (Å²) < 4.78 is 12.7. The molecular formula is C38H26N2O4. The molecule has 0 unspecified atom stereocenters. The van der Waals surface area contributed by atoms with Gasteiger partial charge in [0, 0.05) is 45.2 Å². The van der Waals surface area contributed by atoms with Crippen LogP contribution in [0.25, 0.3) is 10.8 Å². The minimum Gasteiger partial charge on any atom is -0.506 e. The van der Waals surface area contributed by atoms with Gasteiger partial charge in [0.1, 0.15) is 34.5 Å². The summed E-state index contributed by atoms with van der Waals surface area (Å²) in [5, 5.41) is 21.3. The van der Waals surface area contributed by atoms with Crippen molar-refractivity contribution >= 4 is 22.1 Å². The maximum absolute atomic E-state index is 9.95. The van der Waals surface area contributed by atoms with E-state index in [1.54, 1.807) is 24.3 Å². The Hall–Kier alpha value is -6.50. The Labute approximate surface area is 254 Å². The molecular weight excluding hydrogens is 548 g/mol. The van der Waals surface area contributed by atoms with Crippen molar-refractivity contribution in [2.24, 2.45) is 0 Å². The lowest BCUT2D eigenvalue weighted by Gasteiger charge is -2.15. The van der Waals surface area contributed by atoms with E-state index in [4.69, 9.17) is 20.9 Å². The summed E-state index contributed by atoms with van der Waals surface area (Å²) >= 11 is 0. The number of phenolic OH excluding ortho intramolecular Hbond substituents is 2. The molecule has 0 bridgehead atoms. The van der Waals surface area contributed by atoms with Crippen LogP contribution in [0, 0.1) is 23.7 Å². The molecule has 6 aromatic rings. The van der Waals surface area contributed by atoms with Crippen LogP contribution in [0.15, 0.2) is 121 Å². The van der Waals surface area contributed by atoms with Crippen molar-refractivity contribution in [3.05, 3.63) is 144 Å². The van der Waals surface area contributed by atoms with E-state index in [-0.39, 0.29) is 22.9 Å². The summed E-state index contributed by atoms with van der Waals surface area (Å²) in [5.74, 6) is 14.7. The quantitative estimate of drug-likeness (QED) is 0.0971. The van der Waals surface area contributed by atoms with Crippen molar-refractivity contribution in [1.82, 2.24) is 0 Å². The maximum Gasteiger partial charge on any atom is 0.138 e. The number of fused-ring (bicyclic) bond motifs is 1. The zero-order valence-electron chi connectivity index (χ0n) is 23.4. The highest BCUT2D eigenvalue weighted by Gasteiger charge is 2.15. The summed E-state index contributed by atoms with van der Waals surface area (Å²) in [4.78, 5) is 0. The largest absolute Gasteiger partial charge is 0.506 e. The summed E-state index contributed by atoms with van der Waals surface area (Å²) in [6.07, 6.45) is 0. The fraction of sp³-hybridized carbons (Fsp3) is 0. The average molecular weight is 575 g/mol. The molecule has 0 aromatic heterocycles. The van der Waals surface area contributed by atoms with Crippen LogP contribution in [-0.4, -0.2) is 10.2 Å². The fourth-order valence-electron chi connectivity index (χ4n) is 4.49. The number of aromatic hydroxyl groups is 2. The monoisotopic (exact) mass is 574 g/mol. The molecule has 0 atom stereocenters. The maximum atomic E-state index is 9.95. The fourth-order valence-corrected chi connectivity index (χ4v) is 4.49. The zero-order chi connectivity index (χ0) is 30.5. The number of nitrogen functional groups attached to an aromatic ring is 2. The lowest BCUT2D eigenvalue weighted by molar-refractivity contribution is 0.467. The van der Waals surface area contributed by atoms with Gasteiger partial charge in [-0.25, -0.2) is 0 Å². The Bertz CT molecular complexity index is 1970. The van der Waals surface area contributed by atoms with Gasteiger partial charge in [0.05, 0.1) is 11.4 Å². The molecule has 44 heavy (non-hydrogen) atoms. The van der Waals surface area contributed by atoms with Crippen molar-refractivity contribution in [2.45, 2.75) is 0 Å². The van der Waals surface area contributed by atoms with Crippen molar-refractivity contribution in [2.75, 3.05) is 11.5 Å². The predicted molar refractivity (Wildman–Crippen MR) is 174 cm³/mol. The summed E-state index contributed by atoms with van der Waals surface area (Å²) in [7, 11) is 0. The topological polar surface area (TPSA) is 111 Å². The molecule has 6 nitrogen and oxygen atoms in total. The molecule has 0 aliphatic rings. The van der Waals surface area contributed by atoms with Gasteiger partial charge in [0.25, 0.3) is 0 Å². The van der Waals surface area contributed by atoms with E-state index >= 15 is 0 Å².